The molecule has 0 spiro atoms. The summed E-state index contributed by atoms with van der Waals surface area (Å²) in [6.07, 6.45) is 3.35. The lowest BCUT2D eigenvalue weighted by molar-refractivity contribution is -0.144. The van der Waals surface area contributed by atoms with Crippen molar-refractivity contribution < 1.29 is 23.2 Å². The first-order chi connectivity index (χ1) is 13.1. The molecule has 0 saturated heterocycles. The van der Waals surface area contributed by atoms with Gasteiger partial charge in [0.15, 0.2) is 16.6 Å². The lowest BCUT2D eigenvalue weighted by atomic mass is 10.2. The first kappa shape index (κ1) is 27.8. The SMILES string of the molecule is C=C(C)C(=O)OC(C)CCC[Si](C)(CCCC(C)OC(=O)C(=C)C)O[Si](C)(C)C. The normalized spacial score (nSPS) is 15.7. The van der Waals surface area contributed by atoms with Crippen LogP contribution in [0.4, 0.5) is 0 Å². The van der Waals surface area contributed by atoms with Crippen molar-refractivity contribution in [2.24, 2.45) is 0 Å². The van der Waals surface area contributed by atoms with Gasteiger partial charge in [0.2, 0.25) is 0 Å². The van der Waals surface area contributed by atoms with Gasteiger partial charge in [-0.2, -0.15) is 0 Å². The van der Waals surface area contributed by atoms with Crippen LogP contribution in [0.5, 0.6) is 0 Å². The summed E-state index contributed by atoms with van der Waals surface area (Å²) in [6, 6.07) is 2.07. The van der Waals surface area contributed by atoms with Gasteiger partial charge in [0.05, 0.1) is 12.2 Å². The van der Waals surface area contributed by atoms with Gasteiger partial charge in [-0.05, 0) is 78.8 Å². The Morgan fingerprint density at radius 2 is 1.14 bits per heavy atom. The summed E-state index contributed by atoms with van der Waals surface area (Å²) in [7, 11) is -3.56. The minimum Gasteiger partial charge on any atom is -0.459 e. The lowest BCUT2D eigenvalue weighted by Gasteiger charge is -2.35. The molecule has 0 fully saturated rings. The molecule has 0 rings (SSSR count). The molecule has 5 nitrogen and oxygen atoms in total. The maximum Gasteiger partial charge on any atom is 0.333 e. The molecule has 0 saturated carbocycles. The third-order valence-corrected chi connectivity index (χ3v) is 11.7. The first-order valence-corrected chi connectivity index (χ1v) is 16.8. The number of carbonyl (C=O) groups is 2. The van der Waals surface area contributed by atoms with Crippen LogP contribution in [-0.2, 0) is 23.2 Å². The fourth-order valence-corrected chi connectivity index (χ4v) is 12.1. The van der Waals surface area contributed by atoms with E-state index in [1.54, 1.807) is 13.8 Å². The molecule has 2 atom stereocenters. The molecular weight excluding hydrogens is 400 g/mol. The summed E-state index contributed by atoms with van der Waals surface area (Å²) in [5.41, 5.74) is 0.860. The number of hydrogen-bond donors (Lipinski definition) is 0. The van der Waals surface area contributed by atoms with Crippen LogP contribution in [0.3, 0.4) is 0 Å². The van der Waals surface area contributed by atoms with Crippen molar-refractivity contribution in [1.29, 1.82) is 0 Å². The molecule has 7 heteroatoms. The predicted molar refractivity (Wildman–Crippen MR) is 125 cm³/mol. The molecule has 29 heavy (non-hydrogen) atoms. The zero-order chi connectivity index (χ0) is 22.8. The van der Waals surface area contributed by atoms with Crippen molar-refractivity contribution in [3.05, 3.63) is 24.3 Å². The Kier molecular flexibility index (Phi) is 12.0. The van der Waals surface area contributed by atoms with Crippen molar-refractivity contribution in [3.63, 3.8) is 0 Å². The van der Waals surface area contributed by atoms with E-state index in [2.05, 4.69) is 39.3 Å². The molecule has 0 N–H and O–H groups in total. The van der Waals surface area contributed by atoms with E-state index in [9.17, 15) is 9.59 Å². The molecule has 0 aromatic carbocycles. The number of hydrogen-bond acceptors (Lipinski definition) is 5. The molecule has 0 aliphatic rings. The van der Waals surface area contributed by atoms with Crippen LogP contribution >= 0.6 is 0 Å². The molecule has 2 unspecified atom stereocenters. The van der Waals surface area contributed by atoms with Crippen LogP contribution in [0.2, 0.25) is 38.3 Å². The summed E-state index contributed by atoms with van der Waals surface area (Å²) in [5, 5.41) is 0. The second-order valence-electron chi connectivity index (χ2n) is 9.44. The third-order valence-electron chi connectivity index (χ3n) is 4.50. The van der Waals surface area contributed by atoms with Gasteiger partial charge in [0.25, 0.3) is 0 Å². The summed E-state index contributed by atoms with van der Waals surface area (Å²) in [5.74, 6) is -0.650. The molecule has 0 amide bonds. The molecular formula is C22H42O5Si2. The van der Waals surface area contributed by atoms with E-state index in [0.717, 1.165) is 37.8 Å². The minimum absolute atomic E-state index is 0.120. The van der Waals surface area contributed by atoms with Crippen LogP contribution in [0.25, 0.3) is 0 Å². The van der Waals surface area contributed by atoms with Crippen LogP contribution in [-0.4, -0.2) is 40.8 Å². The van der Waals surface area contributed by atoms with E-state index in [-0.39, 0.29) is 24.1 Å². The Morgan fingerprint density at radius 1 is 0.793 bits per heavy atom. The Balaban J connectivity index is 4.65. The molecule has 0 aromatic rings. The number of carbonyl (C=O) groups excluding carboxylic acids is 2. The van der Waals surface area contributed by atoms with Crippen molar-refractivity contribution in [3.8, 4) is 0 Å². The van der Waals surface area contributed by atoms with Gasteiger partial charge in [-0.25, -0.2) is 9.59 Å². The second-order valence-corrected chi connectivity index (χ2v) is 18.4. The summed E-state index contributed by atoms with van der Waals surface area (Å²) < 4.78 is 17.4. The van der Waals surface area contributed by atoms with E-state index in [1.165, 1.54) is 0 Å². The van der Waals surface area contributed by atoms with Crippen molar-refractivity contribution in [1.82, 2.24) is 0 Å². The van der Waals surface area contributed by atoms with E-state index >= 15 is 0 Å². The summed E-state index contributed by atoms with van der Waals surface area (Å²) in [6.45, 7) is 23.4. The lowest BCUT2D eigenvalue weighted by Crippen LogP contribution is -2.44. The Morgan fingerprint density at radius 3 is 1.41 bits per heavy atom. The highest BCUT2D eigenvalue weighted by atomic mass is 28.4. The average Bonchev–Trinajstić information content (AvgIpc) is 2.52. The van der Waals surface area contributed by atoms with Gasteiger partial charge in [0, 0.05) is 11.1 Å². The van der Waals surface area contributed by atoms with E-state index in [4.69, 9.17) is 13.6 Å². The van der Waals surface area contributed by atoms with Gasteiger partial charge in [-0.15, -0.1) is 0 Å². The Bertz CT molecular complexity index is 540. The maximum atomic E-state index is 11.7. The molecule has 0 bridgehead atoms. The number of esters is 2. The molecule has 0 radical (unpaired) electrons. The van der Waals surface area contributed by atoms with Gasteiger partial charge >= 0.3 is 11.9 Å². The quantitative estimate of drug-likeness (QED) is 0.188. The van der Waals surface area contributed by atoms with Crippen LogP contribution in [0, 0.1) is 0 Å². The van der Waals surface area contributed by atoms with Crippen LogP contribution < -0.4 is 0 Å². The third kappa shape index (κ3) is 13.6. The minimum atomic E-state index is -1.90. The fourth-order valence-electron chi connectivity index (χ4n) is 3.18. The van der Waals surface area contributed by atoms with E-state index < -0.39 is 16.6 Å². The van der Waals surface area contributed by atoms with Crippen molar-refractivity contribution in [2.75, 3.05) is 0 Å². The van der Waals surface area contributed by atoms with E-state index in [1.807, 2.05) is 13.8 Å². The molecule has 0 aromatic heterocycles. The highest BCUT2D eigenvalue weighted by Crippen LogP contribution is 2.28. The summed E-state index contributed by atoms with van der Waals surface area (Å²) >= 11 is 0. The predicted octanol–water partition coefficient (Wildman–Crippen LogP) is 5.99. The number of rotatable bonds is 14. The molecule has 0 heterocycles. The van der Waals surface area contributed by atoms with Gasteiger partial charge in [0.1, 0.15) is 0 Å². The summed E-state index contributed by atoms with van der Waals surface area (Å²) in [4.78, 5) is 23.3. The monoisotopic (exact) mass is 442 g/mol. The zero-order valence-electron chi connectivity index (χ0n) is 19.9. The maximum absolute atomic E-state index is 11.7. The van der Waals surface area contributed by atoms with E-state index in [0.29, 0.717) is 11.1 Å². The molecule has 0 aliphatic carbocycles. The van der Waals surface area contributed by atoms with Crippen molar-refractivity contribution in [2.45, 2.75) is 104 Å². The molecule has 0 aliphatic heterocycles. The average molecular weight is 443 g/mol. The standard InChI is InChI=1S/C22H42O5Si2/c1-17(2)21(23)25-19(5)13-11-15-29(10,27-28(7,8)9)16-12-14-20(6)26-22(24)18(3)4/h19-20H,1,3,11-16H2,2,4-10H3. The smallest absolute Gasteiger partial charge is 0.333 e. The first-order valence-electron chi connectivity index (χ1n) is 10.6. The topological polar surface area (TPSA) is 61.8 Å². The highest BCUT2D eigenvalue weighted by Gasteiger charge is 2.34. The largest absolute Gasteiger partial charge is 0.459 e. The Hall–Kier alpha value is -1.19. The number of ether oxygens (including phenoxy) is 2. The highest BCUT2D eigenvalue weighted by molar-refractivity contribution is 6.84. The van der Waals surface area contributed by atoms with Gasteiger partial charge in [-0.1, -0.05) is 26.0 Å². The fraction of sp³-hybridized carbons (Fsp3) is 0.727. The zero-order valence-corrected chi connectivity index (χ0v) is 21.9. The van der Waals surface area contributed by atoms with Gasteiger partial charge < -0.3 is 13.6 Å². The van der Waals surface area contributed by atoms with Crippen molar-refractivity contribution >= 4 is 28.6 Å². The van der Waals surface area contributed by atoms with Crippen LogP contribution in [0.1, 0.15) is 53.4 Å². The Labute approximate surface area is 180 Å². The van der Waals surface area contributed by atoms with Crippen LogP contribution in [0.15, 0.2) is 24.3 Å². The van der Waals surface area contributed by atoms with Gasteiger partial charge in [-0.3, -0.25) is 0 Å². The molecule has 168 valence electrons. The second kappa shape index (κ2) is 12.5.